The zero-order valence-electron chi connectivity index (χ0n) is 10.5. The van der Waals surface area contributed by atoms with Gasteiger partial charge in [0.1, 0.15) is 0 Å². The van der Waals surface area contributed by atoms with Gasteiger partial charge in [-0.25, -0.2) is 8.42 Å². The van der Waals surface area contributed by atoms with Crippen molar-refractivity contribution in [3.63, 3.8) is 0 Å². The van der Waals surface area contributed by atoms with Gasteiger partial charge in [0.15, 0.2) is 0 Å². The molecule has 0 aliphatic rings. The van der Waals surface area contributed by atoms with Gasteiger partial charge in [0.25, 0.3) is 0 Å². The number of anilines is 1. The molecular weight excluding hydrogens is 248 g/mol. The van der Waals surface area contributed by atoms with Crippen molar-refractivity contribution >= 4 is 26.6 Å². The molecule has 0 atom stereocenters. The fraction of sp³-hybridized carbons (Fsp3) is 0.308. The molecule has 1 heterocycles. The van der Waals surface area contributed by atoms with Gasteiger partial charge >= 0.3 is 0 Å². The summed E-state index contributed by atoms with van der Waals surface area (Å²) in [6.07, 6.45) is 0.595. The normalized spacial score (nSPS) is 11.7. The summed E-state index contributed by atoms with van der Waals surface area (Å²) >= 11 is 0. The molecule has 1 N–H and O–H groups in total. The second-order valence-corrected chi connectivity index (χ2v) is 6.09. The third-order valence-electron chi connectivity index (χ3n) is 2.58. The van der Waals surface area contributed by atoms with Gasteiger partial charge in [-0.15, -0.1) is 0 Å². The van der Waals surface area contributed by atoms with E-state index in [1.54, 1.807) is 6.07 Å². The van der Waals surface area contributed by atoms with Crippen LogP contribution in [0, 0.1) is 6.92 Å². The fourth-order valence-electron chi connectivity index (χ4n) is 1.88. The average molecular weight is 264 g/mol. The highest BCUT2D eigenvalue weighted by molar-refractivity contribution is 7.92. The molecule has 2 rings (SSSR count). The number of hydrogen-bond acceptors (Lipinski definition) is 3. The summed E-state index contributed by atoms with van der Waals surface area (Å²) in [5.74, 6) is 0.128. The third-order valence-corrected chi connectivity index (χ3v) is 4.06. The van der Waals surface area contributed by atoms with Gasteiger partial charge in [-0.2, -0.15) is 0 Å². The Kier molecular flexibility index (Phi) is 3.52. The smallest absolute Gasteiger partial charge is 0.232 e. The van der Waals surface area contributed by atoms with E-state index >= 15 is 0 Å². The summed E-state index contributed by atoms with van der Waals surface area (Å²) in [5.41, 5.74) is 2.20. The molecule has 5 heteroatoms. The number of sulfonamides is 1. The van der Waals surface area contributed by atoms with Crippen molar-refractivity contribution in [2.45, 2.75) is 20.3 Å². The van der Waals surface area contributed by atoms with Crippen molar-refractivity contribution < 1.29 is 8.42 Å². The standard InChI is InChI=1S/C13H16N2O2S/c1-3-8-18(16,17)15-13-9-10(2)14-12-7-5-4-6-11(12)13/h4-7,9H,3,8H2,1-2H3,(H,14,15). The number of rotatable bonds is 4. The van der Waals surface area contributed by atoms with E-state index in [0.29, 0.717) is 12.1 Å². The van der Waals surface area contributed by atoms with Crippen LogP contribution in [0.25, 0.3) is 10.9 Å². The molecule has 0 saturated carbocycles. The van der Waals surface area contributed by atoms with Gasteiger partial charge in [0.05, 0.1) is 17.0 Å². The number of aryl methyl sites for hydroxylation is 1. The molecule has 0 aliphatic carbocycles. The molecule has 96 valence electrons. The molecule has 4 nitrogen and oxygen atoms in total. The van der Waals surface area contributed by atoms with Crippen LogP contribution >= 0.6 is 0 Å². The summed E-state index contributed by atoms with van der Waals surface area (Å²) < 4.78 is 26.3. The lowest BCUT2D eigenvalue weighted by Crippen LogP contribution is -2.16. The largest absolute Gasteiger partial charge is 0.283 e. The van der Waals surface area contributed by atoms with Crippen molar-refractivity contribution in [1.82, 2.24) is 4.98 Å². The van der Waals surface area contributed by atoms with Gasteiger partial charge in [-0.05, 0) is 25.5 Å². The average Bonchev–Trinajstić information content (AvgIpc) is 2.28. The van der Waals surface area contributed by atoms with Gasteiger partial charge in [0.2, 0.25) is 10.0 Å². The summed E-state index contributed by atoms with van der Waals surface area (Å²) in [6.45, 7) is 3.69. The Morgan fingerprint density at radius 3 is 2.72 bits per heavy atom. The SMILES string of the molecule is CCCS(=O)(=O)Nc1cc(C)nc2ccccc12. The van der Waals surface area contributed by atoms with E-state index in [4.69, 9.17) is 0 Å². The first kappa shape index (κ1) is 12.8. The summed E-state index contributed by atoms with van der Waals surface area (Å²) in [5, 5.41) is 0.822. The maximum atomic E-state index is 11.8. The number of para-hydroxylation sites is 1. The number of fused-ring (bicyclic) bond motifs is 1. The monoisotopic (exact) mass is 264 g/mol. The van der Waals surface area contributed by atoms with Crippen LogP contribution in [0.5, 0.6) is 0 Å². The number of nitrogens with zero attached hydrogens (tertiary/aromatic N) is 1. The minimum Gasteiger partial charge on any atom is -0.283 e. The third kappa shape index (κ3) is 2.79. The van der Waals surface area contributed by atoms with Crippen LogP contribution in [0.15, 0.2) is 30.3 Å². The van der Waals surface area contributed by atoms with Crippen LogP contribution in [0.1, 0.15) is 19.0 Å². The number of nitrogens with one attached hydrogen (secondary N) is 1. The molecule has 0 spiro atoms. The van der Waals surface area contributed by atoms with E-state index in [9.17, 15) is 8.42 Å². The predicted molar refractivity (Wildman–Crippen MR) is 74.2 cm³/mol. The van der Waals surface area contributed by atoms with E-state index in [1.165, 1.54) is 0 Å². The van der Waals surface area contributed by atoms with E-state index in [0.717, 1.165) is 16.6 Å². The highest BCUT2D eigenvalue weighted by atomic mass is 32.2. The van der Waals surface area contributed by atoms with Crippen LogP contribution in [0.3, 0.4) is 0 Å². The number of hydrogen-bond donors (Lipinski definition) is 1. The van der Waals surface area contributed by atoms with Crippen LogP contribution in [-0.2, 0) is 10.0 Å². The maximum Gasteiger partial charge on any atom is 0.232 e. The van der Waals surface area contributed by atoms with Crippen LogP contribution in [-0.4, -0.2) is 19.2 Å². The Hall–Kier alpha value is -1.62. The van der Waals surface area contributed by atoms with Gasteiger partial charge in [-0.3, -0.25) is 9.71 Å². The summed E-state index contributed by atoms with van der Waals surface area (Å²) in [4.78, 5) is 4.38. The molecule has 0 radical (unpaired) electrons. The molecule has 2 aromatic rings. The van der Waals surface area contributed by atoms with E-state index < -0.39 is 10.0 Å². The second-order valence-electron chi connectivity index (χ2n) is 4.25. The highest BCUT2D eigenvalue weighted by Gasteiger charge is 2.11. The maximum absolute atomic E-state index is 11.8. The summed E-state index contributed by atoms with van der Waals surface area (Å²) in [7, 11) is -3.27. The quantitative estimate of drug-likeness (QED) is 0.923. The molecule has 0 saturated heterocycles. The molecule has 1 aromatic carbocycles. The molecular formula is C13H16N2O2S. The van der Waals surface area contributed by atoms with Crippen LogP contribution < -0.4 is 4.72 Å². The van der Waals surface area contributed by atoms with Crippen LogP contribution in [0.2, 0.25) is 0 Å². The first-order chi connectivity index (χ1) is 8.52. The Bertz CT molecular complexity index is 666. The molecule has 1 aromatic heterocycles. The lowest BCUT2D eigenvalue weighted by atomic mass is 10.2. The minimum absolute atomic E-state index is 0.128. The Morgan fingerprint density at radius 2 is 2.00 bits per heavy atom. The first-order valence-corrected chi connectivity index (χ1v) is 7.54. The molecule has 0 aliphatic heterocycles. The van der Waals surface area contributed by atoms with Crippen LogP contribution in [0.4, 0.5) is 5.69 Å². The van der Waals surface area contributed by atoms with Gasteiger partial charge < -0.3 is 0 Å². The van der Waals surface area contributed by atoms with Gasteiger partial charge in [-0.1, -0.05) is 25.1 Å². The van der Waals surface area contributed by atoms with Crippen molar-refractivity contribution in [3.8, 4) is 0 Å². The van der Waals surface area contributed by atoms with Crippen molar-refractivity contribution in [2.75, 3.05) is 10.5 Å². The first-order valence-electron chi connectivity index (χ1n) is 5.89. The topological polar surface area (TPSA) is 59.1 Å². The lowest BCUT2D eigenvalue weighted by molar-refractivity contribution is 0.600. The summed E-state index contributed by atoms with van der Waals surface area (Å²) in [6, 6.07) is 9.26. The molecule has 0 unspecified atom stereocenters. The molecule has 0 bridgehead atoms. The lowest BCUT2D eigenvalue weighted by Gasteiger charge is -2.10. The van der Waals surface area contributed by atoms with E-state index in [-0.39, 0.29) is 5.75 Å². The Morgan fingerprint density at radius 1 is 1.28 bits per heavy atom. The number of aromatic nitrogens is 1. The Balaban J connectivity index is 2.51. The zero-order valence-corrected chi connectivity index (χ0v) is 11.3. The van der Waals surface area contributed by atoms with Crippen molar-refractivity contribution in [3.05, 3.63) is 36.0 Å². The highest BCUT2D eigenvalue weighted by Crippen LogP contribution is 2.23. The van der Waals surface area contributed by atoms with Crippen molar-refractivity contribution in [2.24, 2.45) is 0 Å². The van der Waals surface area contributed by atoms with Crippen molar-refractivity contribution in [1.29, 1.82) is 0 Å². The fourth-order valence-corrected chi connectivity index (χ4v) is 3.02. The van der Waals surface area contributed by atoms with E-state index in [1.807, 2.05) is 38.1 Å². The second kappa shape index (κ2) is 4.94. The minimum atomic E-state index is -3.27. The van der Waals surface area contributed by atoms with E-state index in [2.05, 4.69) is 9.71 Å². The number of benzene rings is 1. The number of pyridine rings is 1. The van der Waals surface area contributed by atoms with Gasteiger partial charge in [0, 0.05) is 11.1 Å². The predicted octanol–water partition coefficient (Wildman–Crippen LogP) is 2.69. The molecule has 0 amide bonds. The molecule has 0 fully saturated rings. The molecule has 18 heavy (non-hydrogen) atoms. The zero-order chi connectivity index (χ0) is 13.2. The Labute approximate surface area is 107 Å².